The van der Waals surface area contributed by atoms with Crippen LogP contribution in [0, 0.1) is 0 Å². The molecule has 0 bridgehead atoms. The number of ether oxygens (including phenoxy) is 1. The fourth-order valence-electron chi connectivity index (χ4n) is 1.57. The van der Waals surface area contributed by atoms with Crippen LogP contribution in [0.15, 0.2) is 18.2 Å². The highest BCUT2D eigenvalue weighted by Gasteiger charge is 2.02. The molecule has 0 aliphatic carbocycles. The van der Waals surface area contributed by atoms with Gasteiger partial charge in [-0.3, -0.25) is 0 Å². The standard InChI is InChI=1S/C13H17ClO2/c1-10(15)5-3-4-6-11-7-8-13(16-2)12(14)9-11/h7-9H,3-6H2,1-2H3. The van der Waals surface area contributed by atoms with Crippen molar-refractivity contribution < 1.29 is 9.53 Å². The largest absolute Gasteiger partial charge is 0.495 e. The van der Waals surface area contributed by atoms with Gasteiger partial charge in [0.15, 0.2) is 0 Å². The number of aryl methyl sites for hydroxylation is 1. The average Bonchev–Trinajstić information content (AvgIpc) is 2.24. The monoisotopic (exact) mass is 240 g/mol. The Labute approximate surface area is 102 Å². The predicted molar refractivity (Wildman–Crippen MR) is 66.2 cm³/mol. The van der Waals surface area contributed by atoms with E-state index < -0.39 is 0 Å². The van der Waals surface area contributed by atoms with Crippen molar-refractivity contribution in [2.75, 3.05) is 7.11 Å². The number of unbranched alkanes of at least 4 members (excludes halogenated alkanes) is 1. The van der Waals surface area contributed by atoms with E-state index in [0.29, 0.717) is 17.2 Å². The third kappa shape index (κ3) is 4.23. The number of halogens is 1. The summed E-state index contributed by atoms with van der Waals surface area (Å²) in [6.07, 6.45) is 3.59. The maximum atomic E-state index is 10.8. The summed E-state index contributed by atoms with van der Waals surface area (Å²) >= 11 is 6.01. The third-order valence-electron chi connectivity index (χ3n) is 2.46. The summed E-state index contributed by atoms with van der Waals surface area (Å²) in [7, 11) is 1.60. The van der Waals surface area contributed by atoms with Gasteiger partial charge in [0.1, 0.15) is 11.5 Å². The number of hydrogen-bond acceptors (Lipinski definition) is 2. The zero-order chi connectivity index (χ0) is 12.0. The van der Waals surface area contributed by atoms with Crippen molar-refractivity contribution >= 4 is 17.4 Å². The summed E-state index contributed by atoms with van der Waals surface area (Å²) < 4.78 is 5.08. The Bertz CT molecular complexity index is 361. The molecule has 0 saturated heterocycles. The highest BCUT2D eigenvalue weighted by Crippen LogP contribution is 2.25. The third-order valence-corrected chi connectivity index (χ3v) is 2.76. The van der Waals surface area contributed by atoms with Gasteiger partial charge in [-0.05, 0) is 43.9 Å². The minimum Gasteiger partial charge on any atom is -0.495 e. The van der Waals surface area contributed by atoms with Crippen molar-refractivity contribution in [3.8, 4) is 5.75 Å². The number of hydrogen-bond donors (Lipinski definition) is 0. The molecule has 1 aromatic rings. The van der Waals surface area contributed by atoms with Crippen LogP contribution < -0.4 is 4.74 Å². The van der Waals surface area contributed by atoms with Gasteiger partial charge < -0.3 is 9.53 Å². The van der Waals surface area contributed by atoms with Crippen molar-refractivity contribution in [2.24, 2.45) is 0 Å². The van der Waals surface area contributed by atoms with Crippen molar-refractivity contribution in [2.45, 2.75) is 32.6 Å². The molecule has 0 radical (unpaired) electrons. The first-order chi connectivity index (χ1) is 7.63. The molecule has 2 nitrogen and oxygen atoms in total. The second-order valence-electron chi connectivity index (χ2n) is 3.88. The summed E-state index contributed by atoms with van der Waals surface area (Å²) in [4.78, 5) is 10.8. The summed E-state index contributed by atoms with van der Waals surface area (Å²) in [6, 6.07) is 5.81. The number of carbonyl (C=O) groups is 1. The summed E-state index contributed by atoms with van der Waals surface area (Å²) in [6.45, 7) is 1.63. The Morgan fingerprint density at radius 3 is 2.69 bits per heavy atom. The van der Waals surface area contributed by atoms with Crippen LogP contribution in [0.3, 0.4) is 0 Å². The molecular formula is C13H17ClO2. The predicted octanol–water partition coefficient (Wildman–Crippen LogP) is 3.65. The fraction of sp³-hybridized carbons (Fsp3) is 0.462. The zero-order valence-corrected chi connectivity index (χ0v) is 10.5. The molecule has 1 aromatic carbocycles. The van der Waals surface area contributed by atoms with Gasteiger partial charge in [0.2, 0.25) is 0 Å². The molecule has 0 atom stereocenters. The smallest absolute Gasteiger partial charge is 0.137 e. The Hall–Kier alpha value is -1.02. The Morgan fingerprint density at radius 2 is 2.12 bits per heavy atom. The van der Waals surface area contributed by atoms with Crippen LogP contribution >= 0.6 is 11.6 Å². The maximum Gasteiger partial charge on any atom is 0.137 e. The van der Waals surface area contributed by atoms with E-state index in [-0.39, 0.29) is 5.78 Å². The van der Waals surface area contributed by atoms with Crippen LogP contribution in [0.4, 0.5) is 0 Å². The molecule has 0 spiro atoms. The molecule has 3 heteroatoms. The second kappa shape index (κ2) is 6.54. The number of ketones is 1. The zero-order valence-electron chi connectivity index (χ0n) is 9.75. The number of rotatable bonds is 6. The van der Waals surface area contributed by atoms with E-state index in [4.69, 9.17) is 16.3 Å². The van der Waals surface area contributed by atoms with Gasteiger partial charge >= 0.3 is 0 Å². The van der Waals surface area contributed by atoms with Gasteiger partial charge in [-0.2, -0.15) is 0 Å². The Morgan fingerprint density at radius 1 is 1.38 bits per heavy atom. The first-order valence-corrected chi connectivity index (χ1v) is 5.83. The molecule has 0 unspecified atom stereocenters. The van der Waals surface area contributed by atoms with Gasteiger partial charge in [0.25, 0.3) is 0 Å². The van der Waals surface area contributed by atoms with Crippen molar-refractivity contribution in [1.29, 1.82) is 0 Å². The minimum absolute atomic E-state index is 0.257. The Balaban J connectivity index is 2.43. The molecule has 0 heterocycles. The van der Waals surface area contributed by atoms with Gasteiger partial charge in [-0.15, -0.1) is 0 Å². The molecular weight excluding hydrogens is 224 g/mol. The van der Waals surface area contributed by atoms with Gasteiger partial charge in [0, 0.05) is 6.42 Å². The quantitative estimate of drug-likeness (QED) is 0.710. The molecule has 16 heavy (non-hydrogen) atoms. The lowest BCUT2D eigenvalue weighted by Gasteiger charge is -2.05. The van der Waals surface area contributed by atoms with Crippen LogP contribution in [0.1, 0.15) is 31.7 Å². The summed E-state index contributed by atoms with van der Waals surface area (Å²) in [5.41, 5.74) is 1.19. The second-order valence-corrected chi connectivity index (χ2v) is 4.29. The normalized spacial score (nSPS) is 10.2. The van der Waals surface area contributed by atoms with Gasteiger partial charge in [-0.1, -0.05) is 17.7 Å². The molecule has 0 amide bonds. The van der Waals surface area contributed by atoms with E-state index in [1.807, 2.05) is 18.2 Å². The van der Waals surface area contributed by atoms with Crippen LogP contribution in [0.2, 0.25) is 5.02 Å². The van der Waals surface area contributed by atoms with Gasteiger partial charge in [-0.25, -0.2) is 0 Å². The summed E-state index contributed by atoms with van der Waals surface area (Å²) in [5, 5.41) is 0.645. The lowest BCUT2D eigenvalue weighted by atomic mass is 10.1. The van der Waals surface area contributed by atoms with Crippen LogP contribution in [-0.4, -0.2) is 12.9 Å². The van der Waals surface area contributed by atoms with E-state index >= 15 is 0 Å². The van der Waals surface area contributed by atoms with E-state index in [1.54, 1.807) is 14.0 Å². The van der Waals surface area contributed by atoms with Gasteiger partial charge in [0.05, 0.1) is 12.1 Å². The Kier molecular flexibility index (Phi) is 5.33. The molecule has 88 valence electrons. The van der Waals surface area contributed by atoms with E-state index in [2.05, 4.69) is 0 Å². The average molecular weight is 241 g/mol. The topological polar surface area (TPSA) is 26.3 Å². The van der Waals surface area contributed by atoms with E-state index in [9.17, 15) is 4.79 Å². The highest BCUT2D eigenvalue weighted by molar-refractivity contribution is 6.32. The fourth-order valence-corrected chi connectivity index (χ4v) is 1.85. The molecule has 0 aliphatic rings. The molecule has 1 rings (SSSR count). The molecule has 0 aromatic heterocycles. The lowest BCUT2D eigenvalue weighted by molar-refractivity contribution is -0.117. The van der Waals surface area contributed by atoms with Crippen molar-refractivity contribution in [3.05, 3.63) is 28.8 Å². The molecule has 0 fully saturated rings. The maximum absolute atomic E-state index is 10.8. The molecule has 0 saturated carbocycles. The van der Waals surface area contributed by atoms with Crippen molar-refractivity contribution in [3.63, 3.8) is 0 Å². The number of benzene rings is 1. The van der Waals surface area contributed by atoms with Crippen LogP contribution in [0.5, 0.6) is 5.75 Å². The number of Topliss-reactive ketones (excluding diaryl/α,β-unsaturated/α-hetero) is 1. The van der Waals surface area contributed by atoms with Crippen LogP contribution in [-0.2, 0) is 11.2 Å². The first-order valence-electron chi connectivity index (χ1n) is 5.45. The van der Waals surface area contributed by atoms with E-state index in [0.717, 1.165) is 19.3 Å². The minimum atomic E-state index is 0.257. The highest BCUT2D eigenvalue weighted by atomic mass is 35.5. The number of methoxy groups -OCH3 is 1. The number of carbonyl (C=O) groups excluding carboxylic acids is 1. The molecule has 0 N–H and O–H groups in total. The van der Waals surface area contributed by atoms with E-state index in [1.165, 1.54) is 5.56 Å². The van der Waals surface area contributed by atoms with Crippen LogP contribution in [0.25, 0.3) is 0 Å². The van der Waals surface area contributed by atoms with Crippen molar-refractivity contribution in [1.82, 2.24) is 0 Å². The summed E-state index contributed by atoms with van der Waals surface area (Å²) in [5.74, 6) is 0.960. The molecule has 0 aliphatic heterocycles. The lowest BCUT2D eigenvalue weighted by Crippen LogP contribution is -1.92. The SMILES string of the molecule is COc1ccc(CCCCC(C)=O)cc1Cl. The first kappa shape index (κ1) is 13.0.